The molecule has 3 atom stereocenters. The number of nitrogens with zero attached hydrogens (tertiary/aromatic N) is 2. The van der Waals surface area contributed by atoms with Crippen molar-refractivity contribution in [2.75, 3.05) is 18.9 Å². The van der Waals surface area contributed by atoms with Crippen molar-refractivity contribution in [1.29, 1.82) is 0 Å². The zero-order valence-electron chi connectivity index (χ0n) is 16.6. The fraction of sp³-hybridized carbons (Fsp3) is 0.571. The zero-order valence-corrected chi connectivity index (χ0v) is 17.5. The average Bonchev–Trinajstić information content (AvgIpc) is 3.06. The number of Topliss-reactive ketones (excluding diaryl/α,β-unsaturated/α-hetero) is 1. The van der Waals surface area contributed by atoms with E-state index in [1.165, 1.54) is 12.1 Å². The lowest BCUT2D eigenvalue weighted by Gasteiger charge is -2.36. The number of sulfonamides is 1. The Morgan fingerprint density at radius 1 is 1.10 bits per heavy atom. The number of ketones is 1. The lowest BCUT2D eigenvalue weighted by Crippen LogP contribution is -2.40. The van der Waals surface area contributed by atoms with E-state index in [0.29, 0.717) is 36.6 Å². The lowest BCUT2D eigenvalue weighted by atomic mass is 9.67. The first kappa shape index (κ1) is 20.1. The number of benzene rings is 1. The van der Waals surface area contributed by atoms with Crippen LogP contribution in [-0.4, -0.2) is 44.4 Å². The number of amidine groups is 1. The molecule has 156 valence electrons. The summed E-state index contributed by atoms with van der Waals surface area (Å²) in [5.41, 5.74) is 0.557. The Hall–Kier alpha value is -2.22. The highest BCUT2D eigenvalue weighted by atomic mass is 32.2. The summed E-state index contributed by atoms with van der Waals surface area (Å²) < 4.78 is 29.0. The van der Waals surface area contributed by atoms with Gasteiger partial charge >= 0.3 is 0 Å². The Bertz CT molecular complexity index is 923. The van der Waals surface area contributed by atoms with E-state index in [1.54, 1.807) is 12.1 Å². The van der Waals surface area contributed by atoms with Crippen LogP contribution in [0.4, 0.5) is 5.69 Å². The van der Waals surface area contributed by atoms with Gasteiger partial charge in [0.1, 0.15) is 11.6 Å². The minimum absolute atomic E-state index is 0.0265. The van der Waals surface area contributed by atoms with Gasteiger partial charge in [0.05, 0.1) is 4.90 Å². The molecule has 0 radical (unpaired) electrons. The quantitative estimate of drug-likeness (QED) is 0.813. The minimum atomic E-state index is -3.76. The fourth-order valence-corrected chi connectivity index (χ4v) is 5.84. The van der Waals surface area contributed by atoms with Crippen LogP contribution < -0.4 is 5.32 Å². The molecular formula is C21H27N3O4S. The van der Waals surface area contributed by atoms with Crippen molar-refractivity contribution in [3.63, 3.8) is 0 Å². The summed E-state index contributed by atoms with van der Waals surface area (Å²) in [6, 6.07) is 6.14. The number of anilines is 1. The Balaban J connectivity index is 1.42. The molecule has 7 nitrogen and oxygen atoms in total. The molecule has 8 heteroatoms. The maximum absolute atomic E-state index is 12.7. The van der Waals surface area contributed by atoms with Gasteiger partial charge in [0.15, 0.2) is 0 Å². The van der Waals surface area contributed by atoms with Crippen molar-refractivity contribution in [3.8, 4) is 0 Å². The van der Waals surface area contributed by atoms with Gasteiger partial charge in [-0.05, 0) is 56.4 Å². The van der Waals surface area contributed by atoms with E-state index in [2.05, 4.69) is 9.71 Å². The van der Waals surface area contributed by atoms with Crippen LogP contribution in [0.15, 0.2) is 33.6 Å². The molecule has 2 bridgehead atoms. The molecule has 1 amide bonds. The highest BCUT2D eigenvalue weighted by Crippen LogP contribution is 2.40. The van der Waals surface area contributed by atoms with Gasteiger partial charge in [-0.3, -0.25) is 9.59 Å². The molecule has 2 aliphatic carbocycles. The summed E-state index contributed by atoms with van der Waals surface area (Å²) in [6.07, 6.45) is 5.68. The summed E-state index contributed by atoms with van der Waals surface area (Å²) >= 11 is 0. The molecule has 2 saturated carbocycles. The molecular weight excluding hydrogens is 390 g/mol. The Morgan fingerprint density at radius 2 is 1.76 bits per heavy atom. The first-order valence-corrected chi connectivity index (χ1v) is 11.8. The van der Waals surface area contributed by atoms with Crippen molar-refractivity contribution in [3.05, 3.63) is 24.3 Å². The van der Waals surface area contributed by atoms with Gasteiger partial charge in [-0.25, -0.2) is 0 Å². The molecule has 3 fully saturated rings. The summed E-state index contributed by atoms with van der Waals surface area (Å²) in [5, 5.41) is 2.89. The SMILES string of the molecule is CN1CCCC1=NS(=O)(=O)c1ccc(NC(=O)C2C[C@H]3CCC[C@@H](C2)C3=O)cc1. The van der Waals surface area contributed by atoms with Gasteiger partial charge in [0.2, 0.25) is 5.91 Å². The molecule has 1 unspecified atom stereocenters. The second kappa shape index (κ2) is 7.89. The molecule has 1 aromatic carbocycles. The number of hydrogen-bond donors (Lipinski definition) is 1. The molecule has 29 heavy (non-hydrogen) atoms. The first-order valence-electron chi connectivity index (χ1n) is 10.3. The highest BCUT2D eigenvalue weighted by Gasteiger charge is 2.41. The summed E-state index contributed by atoms with van der Waals surface area (Å²) in [6.45, 7) is 0.813. The topological polar surface area (TPSA) is 95.9 Å². The van der Waals surface area contributed by atoms with Gasteiger partial charge in [-0.2, -0.15) is 8.42 Å². The average molecular weight is 418 g/mol. The summed E-state index contributed by atoms with van der Waals surface area (Å²) in [7, 11) is -1.92. The van der Waals surface area contributed by atoms with Crippen LogP contribution in [0, 0.1) is 17.8 Å². The maximum atomic E-state index is 12.7. The Labute approximate surface area is 171 Å². The molecule has 1 saturated heterocycles. The second-order valence-corrected chi connectivity index (χ2v) is 10.0. The number of carbonyl (C=O) groups excluding carboxylic acids is 2. The minimum Gasteiger partial charge on any atom is -0.362 e. The van der Waals surface area contributed by atoms with Crippen molar-refractivity contribution in [2.24, 2.45) is 22.2 Å². The number of nitrogens with one attached hydrogen (secondary N) is 1. The standard InChI is InChI=1S/C21H27N3O4S/c1-24-11-3-6-19(24)23-29(27,28)18-9-7-17(8-10-18)22-21(26)16-12-14-4-2-5-15(13-16)20(14)25/h7-10,14-16H,2-6,11-13H2,1H3,(H,22,26)/t14-,15+,16?. The predicted octanol–water partition coefficient (Wildman–Crippen LogP) is 2.83. The van der Waals surface area contributed by atoms with Crippen LogP contribution in [0.3, 0.4) is 0 Å². The normalized spacial score (nSPS) is 28.6. The van der Waals surface area contributed by atoms with Crippen molar-refractivity contribution < 1.29 is 18.0 Å². The number of rotatable bonds is 4. The maximum Gasteiger partial charge on any atom is 0.283 e. The third-order valence-electron chi connectivity index (χ3n) is 6.40. The van der Waals surface area contributed by atoms with E-state index in [4.69, 9.17) is 0 Å². The zero-order chi connectivity index (χ0) is 20.6. The Kier molecular flexibility index (Phi) is 5.46. The molecule has 0 spiro atoms. The lowest BCUT2D eigenvalue weighted by molar-refractivity contribution is -0.136. The fourth-order valence-electron chi connectivity index (χ4n) is 4.75. The second-order valence-electron chi connectivity index (χ2n) is 8.42. The van der Waals surface area contributed by atoms with Crippen LogP contribution in [0.1, 0.15) is 44.9 Å². The molecule has 1 aromatic rings. The largest absolute Gasteiger partial charge is 0.362 e. The van der Waals surface area contributed by atoms with Crippen molar-refractivity contribution in [1.82, 2.24) is 4.90 Å². The third-order valence-corrected chi connectivity index (χ3v) is 7.72. The van der Waals surface area contributed by atoms with E-state index in [9.17, 15) is 18.0 Å². The van der Waals surface area contributed by atoms with Crippen molar-refractivity contribution >= 4 is 33.2 Å². The predicted molar refractivity (Wildman–Crippen MR) is 110 cm³/mol. The molecule has 1 aliphatic heterocycles. The van der Waals surface area contributed by atoms with E-state index < -0.39 is 10.0 Å². The first-order chi connectivity index (χ1) is 13.8. The van der Waals surface area contributed by atoms with Gasteiger partial charge in [0, 0.05) is 43.5 Å². The summed E-state index contributed by atoms with van der Waals surface area (Å²) in [5.74, 6) is 0.731. The van der Waals surface area contributed by atoms with Gasteiger partial charge in [-0.1, -0.05) is 6.42 Å². The molecule has 0 aromatic heterocycles. The molecule has 4 rings (SSSR count). The number of likely N-dealkylation sites (tertiary alicyclic amines) is 1. The van der Waals surface area contributed by atoms with Gasteiger partial charge < -0.3 is 10.2 Å². The van der Waals surface area contributed by atoms with Crippen LogP contribution in [0.25, 0.3) is 0 Å². The number of hydrogen-bond acceptors (Lipinski definition) is 4. The number of fused-ring (bicyclic) bond motifs is 2. The van der Waals surface area contributed by atoms with E-state index in [0.717, 1.165) is 32.2 Å². The van der Waals surface area contributed by atoms with E-state index >= 15 is 0 Å². The van der Waals surface area contributed by atoms with Crippen molar-refractivity contribution in [2.45, 2.75) is 49.8 Å². The molecule has 3 aliphatic rings. The third kappa shape index (κ3) is 4.22. The Morgan fingerprint density at radius 3 is 2.34 bits per heavy atom. The van der Waals surface area contributed by atoms with Crippen LogP contribution in [0.5, 0.6) is 0 Å². The number of amides is 1. The van der Waals surface area contributed by atoms with Gasteiger partial charge in [-0.15, -0.1) is 4.40 Å². The van der Waals surface area contributed by atoms with Crippen LogP contribution >= 0.6 is 0 Å². The highest BCUT2D eigenvalue weighted by molar-refractivity contribution is 7.90. The molecule has 1 heterocycles. The van der Waals surface area contributed by atoms with E-state index in [1.807, 2.05) is 11.9 Å². The van der Waals surface area contributed by atoms with Crippen LogP contribution in [-0.2, 0) is 19.6 Å². The monoisotopic (exact) mass is 417 g/mol. The molecule has 1 N–H and O–H groups in total. The number of carbonyl (C=O) groups is 2. The smallest absolute Gasteiger partial charge is 0.283 e. The van der Waals surface area contributed by atoms with Crippen LogP contribution in [0.2, 0.25) is 0 Å². The summed E-state index contributed by atoms with van der Waals surface area (Å²) in [4.78, 5) is 26.9. The van der Waals surface area contributed by atoms with E-state index in [-0.39, 0.29) is 28.6 Å². The van der Waals surface area contributed by atoms with Gasteiger partial charge in [0.25, 0.3) is 10.0 Å².